The summed E-state index contributed by atoms with van der Waals surface area (Å²) in [7, 11) is 0. The maximum atomic E-state index is 11.3. The average Bonchev–Trinajstić information content (AvgIpc) is 3.29. The molecule has 0 spiro atoms. The minimum atomic E-state index is -0.324. The number of likely N-dealkylation sites (tertiary alicyclic amines) is 1. The molecule has 1 saturated heterocycles. The third-order valence-corrected chi connectivity index (χ3v) is 5.05. The van der Waals surface area contributed by atoms with Gasteiger partial charge >= 0.3 is 6.03 Å². The molecule has 0 atom stereocenters. The fourth-order valence-electron chi connectivity index (χ4n) is 3.57. The number of guanidine groups is 1. The summed E-state index contributed by atoms with van der Waals surface area (Å²) >= 11 is 0. The molecule has 2 fully saturated rings. The number of rotatable bonds is 5. The molecule has 26 heavy (non-hydrogen) atoms. The van der Waals surface area contributed by atoms with Crippen LogP contribution in [-0.2, 0) is 6.42 Å². The summed E-state index contributed by atoms with van der Waals surface area (Å²) in [5.41, 5.74) is 5.36. The van der Waals surface area contributed by atoms with Crippen molar-refractivity contribution in [3.05, 3.63) is 24.2 Å². The van der Waals surface area contributed by atoms with Crippen LogP contribution in [0.2, 0.25) is 0 Å². The van der Waals surface area contributed by atoms with Gasteiger partial charge in [0.1, 0.15) is 5.76 Å². The number of carbonyl (C=O) groups is 1. The molecule has 2 aliphatic rings. The minimum absolute atomic E-state index is 0. The van der Waals surface area contributed by atoms with Gasteiger partial charge in [0.25, 0.3) is 0 Å². The Kier molecular flexibility index (Phi) is 8.53. The Hall–Kier alpha value is -1.45. The van der Waals surface area contributed by atoms with Gasteiger partial charge in [-0.1, -0.05) is 12.8 Å². The lowest BCUT2D eigenvalue weighted by molar-refractivity contribution is 0.188. The summed E-state index contributed by atoms with van der Waals surface area (Å²) in [6.45, 7) is 2.10. The quantitative estimate of drug-likeness (QED) is 0.347. The smallest absolute Gasteiger partial charge is 0.314 e. The first-order valence-electron chi connectivity index (χ1n) is 9.35. The second-order valence-corrected chi connectivity index (χ2v) is 6.93. The highest BCUT2D eigenvalue weighted by molar-refractivity contribution is 14.0. The summed E-state index contributed by atoms with van der Waals surface area (Å²) in [5, 5.41) is 7.13. The number of nitrogens with one attached hydrogen (secondary N) is 2. The van der Waals surface area contributed by atoms with Gasteiger partial charge in [-0.3, -0.25) is 4.99 Å². The van der Waals surface area contributed by atoms with E-state index in [0.717, 1.165) is 31.0 Å². The molecule has 0 bridgehead atoms. The maximum Gasteiger partial charge on any atom is 0.314 e. The lowest BCUT2D eigenvalue weighted by atomic mass is 10.1. The van der Waals surface area contributed by atoms with Gasteiger partial charge < -0.3 is 25.7 Å². The highest BCUT2D eigenvalue weighted by Gasteiger charge is 2.23. The van der Waals surface area contributed by atoms with Crippen LogP contribution in [0, 0.1) is 0 Å². The number of hydrogen-bond acceptors (Lipinski definition) is 3. The topological polar surface area (TPSA) is 95.9 Å². The molecule has 7 nitrogen and oxygen atoms in total. The molecule has 3 rings (SSSR count). The van der Waals surface area contributed by atoms with Gasteiger partial charge in [0.2, 0.25) is 0 Å². The number of halogens is 1. The number of nitrogens with zero attached hydrogens (tertiary/aromatic N) is 2. The number of urea groups is 1. The lowest BCUT2D eigenvalue weighted by Crippen LogP contribution is -2.52. The van der Waals surface area contributed by atoms with Crippen LogP contribution in [0.15, 0.2) is 27.8 Å². The number of amides is 2. The molecule has 1 saturated carbocycles. The molecule has 1 aliphatic carbocycles. The molecule has 4 N–H and O–H groups in total. The van der Waals surface area contributed by atoms with E-state index in [1.807, 2.05) is 12.1 Å². The van der Waals surface area contributed by atoms with E-state index in [1.165, 1.54) is 25.7 Å². The zero-order valence-electron chi connectivity index (χ0n) is 15.2. The number of piperidine rings is 1. The fourth-order valence-corrected chi connectivity index (χ4v) is 3.57. The molecule has 2 heterocycles. The monoisotopic (exact) mass is 475 g/mol. The number of furan rings is 1. The van der Waals surface area contributed by atoms with Crippen molar-refractivity contribution < 1.29 is 9.21 Å². The zero-order chi connectivity index (χ0) is 17.5. The number of hydrogen-bond donors (Lipinski definition) is 3. The van der Waals surface area contributed by atoms with E-state index in [1.54, 1.807) is 11.2 Å². The third kappa shape index (κ3) is 6.37. The number of aliphatic imine (C=N–C) groups is 1. The van der Waals surface area contributed by atoms with Crippen molar-refractivity contribution in [3.8, 4) is 0 Å². The molecule has 2 amide bonds. The summed E-state index contributed by atoms with van der Waals surface area (Å²) < 4.78 is 5.37. The standard InChI is InChI=1S/C18H29N5O2.HI/c19-17(24)23-11-8-15(9-12-23)22-18(21-14-4-1-2-5-14)20-10-7-16-6-3-13-25-16;/h3,6,13-15H,1-2,4-5,7-12H2,(H2,19,24)(H2,20,21,22);1H. The van der Waals surface area contributed by atoms with E-state index in [0.29, 0.717) is 31.7 Å². The predicted octanol–water partition coefficient (Wildman–Crippen LogP) is 2.46. The van der Waals surface area contributed by atoms with Gasteiger partial charge in [-0.15, -0.1) is 24.0 Å². The van der Waals surface area contributed by atoms with Crippen LogP contribution in [0.4, 0.5) is 4.79 Å². The van der Waals surface area contributed by atoms with Crippen LogP contribution in [0.25, 0.3) is 0 Å². The average molecular weight is 475 g/mol. The fraction of sp³-hybridized carbons (Fsp3) is 0.667. The molecule has 1 aromatic rings. The van der Waals surface area contributed by atoms with E-state index in [9.17, 15) is 4.79 Å². The van der Waals surface area contributed by atoms with Gasteiger partial charge in [-0.05, 0) is 37.8 Å². The molecule has 1 aliphatic heterocycles. The van der Waals surface area contributed by atoms with Gasteiger partial charge in [0.05, 0.1) is 6.26 Å². The Balaban J connectivity index is 0.00000243. The van der Waals surface area contributed by atoms with Crippen LogP contribution in [-0.4, -0.2) is 48.6 Å². The van der Waals surface area contributed by atoms with Crippen molar-refractivity contribution in [3.63, 3.8) is 0 Å². The molecule has 0 radical (unpaired) electrons. The minimum Gasteiger partial charge on any atom is -0.469 e. The molecule has 1 aromatic heterocycles. The number of primary amides is 1. The Morgan fingerprint density at radius 1 is 1.19 bits per heavy atom. The van der Waals surface area contributed by atoms with Gasteiger partial charge in [0, 0.05) is 38.1 Å². The van der Waals surface area contributed by atoms with Crippen LogP contribution in [0.1, 0.15) is 44.3 Å². The van der Waals surface area contributed by atoms with Crippen LogP contribution in [0.3, 0.4) is 0 Å². The molecule has 8 heteroatoms. The summed E-state index contributed by atoms with van der Waals surface area (Å²) in [6.07, 6.45) is 9.27. The van der Waals surface area contributed by atoms with Gasteiger partial charge in [-0.2, -0.15) is 0 Å². The van der Waals surface area contributed by atoms with E-state index in [-0.39, 0.29) is 30.0 Å². The molecular formula is C18H30IN5O2. The lowest BCUT2D eigenvalue weighted by Gasteiger charge is -2.32. The predicted molar refractivity (Wildman–Crippen MR) is 113 cm³/mol. The Labute approximate surface area is 172 Å². The Morgan fingerprint density at radius 2 is 1.85 bits per heavy atom. The van der Waals surface area contributed by atoms with E-state index >= 15 is 0 Å². The third-order valence-electron chi connectivity index (χ3n) is 5.05. The number of carbonyl (C=O) groups excluding carboxylic acids is 1. The Bertz CT molecular complexity index is 564. The molecule has 0 aromatic carbocycles. The first-order valence-corrected chi connectivity index (χ1v) is 9.35. The first kappa shape index (κ1) is 20.9. The van der Waals surface area contributed by atoms with Crippen molar-refractivity contribution in [2.75, 3.05) is 19.6 Å². The van der Waals surface area contributed by atoms with E-state index < -0.39 is 0 Å². The summed E-state index contributed by atoms with van der Waals surface area (Å²) in [4.78, 5) is 17.7. The maximum absolute atomic E-state index is 11.3. The van der Waals surface area contributed by atoms with Crippen LogP contribution in [0.5, 0.6) is 0 Å². The zero-order valence-corrected chi connectivity index (χ0v) is 17.5. The highest BCUT2D eigenvalue weighted by Crippen LogP contribution is 2.18. The molecule has 0 unspecified atom stereocenters. The SMILES string of the molecule is I.NC(=O)N1CCC(NC(=NCCc2ccco2)NC2CCCC2)CC1. The Morgan fingerprint density at radius 3 is 2.42 bits per heavy atom. The number of nitrogens with two attached hydrogens (primary N) is 1. The van der Waals surface area contributed by atoms with Crippen molar-refractivity contribution >= 4 is 36.0 Å². The van der Waals surface area contributed by atoms with Crippen LogP contribution >= 0.6 is 24.0 Å². The van der Waals surface area contributed by atoms with E-state index in [4.69, 9.17) is 15.1 Å². The summed E-state index contributed by atoms with van der Waals surface area (Å²) in [6, 6.07) is 4.40. The normalized spacial score (nSPS) is 19.2. The van der Waals surface area contributed by atoms with Crippen molar-refractivity contribution in [1.29, 1.82) is 0 Å². The van der Waals surface area contributed by atoms with Gasteiger partial charge in [-0.25, -0.2) is 4.79 Å². The molecular weight excluding hydrogens is 445 g/mol. The van der Waals surface area contributed by atoms with Gasteiger partial charge in [0.15, 0.2) is 5.96 Å². The van der Waals surface area contributed by atoms with Crippen molar-refractivity contribution in [2.45, 2.75) is 57.0 Å². The first-order chi connectivity index (χ1) is 12.2. The largest absolute Gasteiger partial charge is 0.469 e. The molecule has 146 valence electrons. The van der Waals surface area contributed by atoms with Crippen molar-refractivity contribution in [2.24, 2.45) is 10.7 Å². The summed E-state index contributed by atoms with van der Waals surface area (Å²) in [5.74, 6) is 1.84. The second kappa shape index (κ2) is 10.6. The van der Waals surface area contributed by atoms with Crippen molar-refractivity contribution in [1.82, 2.24) is 15.5 Å². The highest BCUT2D eigenvalue weighted by atomic mass is 127. The second-order valence-electron chi connectivity index (χ2n) is 6.93. The van der Waals surface area contributed by atoms with E-state index in [2.05, 4.69) is 10.6 Å². The van der Waals surface area contributed by atoms with Crippen LogP contribution < -0.4 is 16.4 Å².